The van der Waals surface area contributed by atoms with Crippen molar-refractivity contribution in [3.8, 4) is 23.0 Å². The summed E-state index contributed by atoms with van der Waals surface area (Å²) in [7, 11) is 4.75. The van der Waals surface area contributed by atoms with E-state index in [-0.39, 0.29) is 18.9 Å². The van der Waals surface area contributed by atoms with Gasteiger partial charge >= 0.3 is 5.97 Å². The molecule has 3 rings (SSSR count). The Balaban J connectivity index is 0.00000135. The van der Waals surface area contributed by atoms with Crippen molar-refractivity contribution in [3.05, 3.63) is 83.4 Å². The Kier molecular flexibility index (Phi) is 13.7. The second-order valence-electron chi connectivity index (χ2n) is 7.82. The van der Waals surface area contributed by atoms with E-state index in [1.54, 1.807) is 55.7 Å². The van der Waals surface area contributed by atoms with Gasteiger partial charge in [-0.15, -0.1) is 0 Å². The van der Waals surface area contributed by atoms with Crippen molar-refractivity contribution < 1.29 is 33.6 Å². The Morgan fingerprint density at radius 2 is 1.34 bits per heavy atom. The number of primary amides is 1. The van der Waals surface area contributed by atoms with Gasteiger partial charge in [0.05, 0.1) is 19.8 Å². The van der Waals surface area contributed by atoms with Crippen LogP contribution >= 0.6 is 0 Å². The Bertz CT molecular complexity index is 1160. The third kappa shape index (κ3) is 10.4. The zero-order chi connectivity index (χ0) is 27.2. The van der Waals surface area contributed by atoms with Gasteiger partial charge in [-0.05, 0) is 72.5 Å². The second kappa shape index (κ2) is 16.4. The fraction of sp³-hybridized carbons (Fsp3) is 0.267. The van der Waals surface area contributed by atoms with Crippen molar-refractivity contribution in [2.24, 2.45) is 5.73 Å². The molecule has 38 heavy (non-hydrogen) atoms. The van der Waals surface area contributed by atoms with Gasteiger partial charge in [-0.2, -0.15) is 0 Å². The van der Waals surface area contributed by atoms with E-state index in [0.717, 1.165) is 12.2 Å². The van der Waals surface area contributed by atoms with Gasteiger partial charge in [0.1, 0.15) is 23.0 Å². The standard InChI is InChI=1S/C26H25NO6.C3H8O.CH4/c1-31-22-13-18(14-23(16-22)32-2)15-24(26(29)30)19-6-10-21(11-7-19)33-20-8-3-17(4-9-20)5-12-25(27)28;1-3-4-2;/h3-4,6-11,13-16H,5,12H2,1-2H3,(H2,27,28)(H,29,30);3H2,1-2H3;1H4/b24-15+;;. The van der Waals surface area contributed by atoms with Gasteiger partial charge in [-0.25, -0.2) is 4.79 Å². The van der Waals surface area contributed by atoms with Gasteiger partial charge in [0.25, 0.3) is 0 Å². The van der Waals surface area contributed by atoms with Crippen molar-refractivity contribution in [1.29, 1.82) is 0 Å². The quantitative estimate of drug-likeness (QED) is 0.240. The molecule has 8 nitrogen and oxygen atoms in total. The van der Waals surface area contributed by atoms with E-state index in [9.17, 15) is 14.7 Å². The smallest absolute Gasteiger partial charge is 0.336 e. The number of rotatable bonds is 11. The molecule has 0 heterocycles. The molecule has 3 aromatic carbocycles. The van der Waals surface area contributed by atoms with Gasteiger partial charge in [0, 0.05) is 26.2 Å². The monoisotopic (exact) mass is 523 g/mol. The number of ether oxygens (including phenoxy) is 4. The number of hydrogen-bond donors (Lipinski definition) is 2. The van der Waals surface area contributed by atoms with Crippen LogP contribution in [0.15, 0.2) is 66.7 Å². The van der Waals surface area contributed by atoms with E-state index in [4.69, 9.17) is 19.9 Å². The van der Waals surface area contributed by atoms with Crippen molar-refractivity contribution in [3.63, 3.8) is 0 Å². The lowest BCUT2D eigenvalue weighted by atomic mass is 10.0. The summed E-state index contributed by atoms with van der Waals surface area (Å²) in [6.07, 6.45) is 2.44. The van der Waals surface area contributed by atoms with E-state index in [1.807, 2.05) is 31.2 Å². The minimum Gasteiger partial charge on any atom is -0.497 e. The first-order chi connectivity index (χ1) is 17.8. The van der Waals surface area contributed by atoms with E-state index < -0.39 is 5.97 Å². The van der Waals surface area contributed by atoms with Crippen LogP contribution in [-0.4, -0.2) is 44.9 Å². The molecule has 0 fully saturated rings. The summed E-state index contributed by atoms with van der Waals surface area (Å²) < 4.78 is 20.9. The summed E-state index contributed by atoms with van der Waals surface area (Å²) in [4.78, 5) is 22.8. The van der Waals surface area contributed by atoms with E-state index in [1.165, 1.54) is 14.2 Å². The van der Waals surface area contributed by atoms with E-state index >= 15 is 0 Å². The molecule has 0 bridgehead atoms. The summed E-state index contributed by atoms with van der Waals surface area (Å²) in [5.74, 6) is 0.927. The van der Waals surface area contributed by atoms with Crippen LogP contribution in [0.25, 0.3) is 11.6 Å². The van der Waals surface area contributed by atoms with Crippen molar-refractivity contribution in [2.75, 3.05) is 27.9 Å². The number of amides is 1. The van der Waals surface area contributed by atoms with Crippen molar-refractivity contribution in [1.82, 2.24) is 0 Å². The van der Waals surface area contributed by atoms with Crippen LogP contribution in [0.2, 0.25) is 0 Å². The SMILES string of the molecule is C.CCOC.COc1cc(/C=C(/C(=O)O)c2ccc(Oc3ccc(CCC(N)=O)cc3)cc2)cc(OC)c1. The Labute approximate surface area is 224 Å². The number of benzene rings is 3. The van der Waals surface area contributed by atoms with Gasteiger partial charge in [0.2, 0.25) is 5.91 Å². The van der Waals surface area contributed by atoms with Crippen LogP contribution in [0.3, 0.4) is 0 Å². The summed E-state index contributed by atoms with van der Waals surface area (Å²) in [6.45, 7) is 2.78. The first kappa shape index (κ1) is 31.7. The Hall–Kier alpha value is -4.30. The number of aliphatic carboxylic acids is 1. The summed E-state index contributed by atoms with van der Waals surface area (Å²) in [5.41, 5.74) is 7.45. The Morgan fingerprint density at radius 3 is 1.76 bits per heavy atom. The van der Waals surface area contributed by atoms with Crippen LogP contribution in [0, 0.1) is 0 Å². The highest BCUT2D eigenvalue weighted by molar-refractivity contribution is 6.20. The molecular formula is C30H37NO7. The molecule has 0 saturated carbocycles. The molecule has 0 spiro atoms. The molecule has 1 amide bonds. The zero-order valence-electron chi connectivity index (χ0n) is 21.5. The van der Waals surface area contributed by atoms with Crippen LogP contribution in [-0.2, 0) is 20.7 Å². The number of carbonyl (C=O) groups excluding carboxylic acids is 1. The highest BCUT2D eigenvalue weighted by Crippen LogP contribution is 2.28. The van der Waals surface area contributed by atoms with Gasteiger partial charge in [0.15, 0.2) is 0 Å². The minimum absolute atomic E-state index is 0. The molecule has 0 aliphatic heterocycles. The Morgan fingerprint density at radius 1 is 0.842 bits per heavy atom. The first-order valence-corrected chi connectivity index (χ1v) is 11.6. The highest BCUT2D eigenvalue weighted by Gasteiger charge is 2.12. The topological polar surface area (TPSA) is 117 Å². The molecule has 0 aliphatic carbocycles. The number of methoxy groups -OCH3 is 3. The van der Waals surface area contributed by atoms with Crippen LogP contribution < -0.4 is 19.9 Å². The first-order valence-electron chi connectivity index (χ1n) is 11.6. The average molecular weight is 524 g/mol. The average Bonchev–Trinajstić information content (AvgIpc) is 2.91. The lowest BCUT2D eigenvalue weighted by Crippen LogP contribution is -2.11. The molecule has 3 N–H and O–H groups in total. The second-order valence-corrected chi connectivity index (χ2v) is 7.82. The number of carboxylic acids is 1. The largest absolute Gasteiger partial charge is 0.497 e. The summed E-state index contributed by atoms with van der Waals surface area (Å²) in [5, 5.41) is 9.76. The van der Waals surface area contributed by atoms with Crippen molar-refractivity contribution >= 4 is 23.5 Å². The summed E-state index contributed by atoms with van der Waals surface area (Å²) in [6, 6.07) is 19.3. The van der Waals surface area contributed by atoms with E-state index in [0.29, 0.717) is 47.0 Å². The minimum atomic E-state index is -1.06. The molecule has 0 aromatic heterocycles. The number of nitrogens with two attached hydrogens (primary N) is 1. The fourth-order valence-corrected chi connectivity index (χ4v) is 3.18. The predicted molar refractivity (Wildman–Crippen MR) is 150 cm³/mol. The van der Waals surface area contributed by atoms with Gasteiger partial charge in [-0.1, -0.05) is 31.7 Å². The highest BCUT2D eigenvalue weighted by atomic mass is 16.5. The van der Waals surface area contributed by atoms with Gasteiger partial charge < -0.3 is 29.8 Å². The molecular weight excluding hydrogens is 486 g/mol. The molecule has 0 radical (unpaired) electrons. The number of carbonyl (C=O) groups is 2. The third-order valence-corrected chi connectivity index (χ3v) is 5.19. The normalized spacial score (nSPS) is 10.4. The predicted octanol–water partition coefficient (Wildman–Crippen LogP) is 5.83. The van der Waals surface area contributed by atoms with Gasteiger partial charge in [-0.3, -0.25) is 4.79 Å². The molecule has 0 aliphatic rings. The lowest BCUT2D eigenvalue weighted by molar-refractivity contribution is -0.130. The number of hydrogen-bond acceptors (Lipinski definition) is 6. The molecule has 204 valence electrons. The molecule has 0 unspecified atom stereocenters. The maximum Gasteiger partial charge on any atom is 0.336 e. The number of carboxylic acid groups (broad SMARTS) is 1. The van der Waals surface area contributed by atoms with E-state index in [2.05, 4.69) is 4.74 Å². The van der Waals surface area contributed by atoms with Crippen LogP contribution in [0.4, 0.5) is 0 Å². The molecule has 0 saturated heterocycles. The summed E-state index contributed by atoms with van der Waals surface area (Å²) >= 11 is 0. The number of aryl methyl sites for hydroxylation is 1. The fourth-order valence-electron chi connectivity index (χ4n) is 3.18. The van der Waals surface area contributed by atoms with Crippen molar-refractivity contribution in [2.45, 2.75) is 27.2 Å². The molecule has 8 heteroatoms. The lowest BCUT2D eigenvalue weighted by Gasteiger charge is -2.09. The molecule has 0 atom stereocenters. The van der Waals surface area contributed by atoms with Crippen LogP contribution in [0.5, 0.6) is 23.0 Å². The maximum atomic E-state index is 11.9. The van der Waals surface area contributed by atoms with Crippen LogP contribution in [0.1, 0.15) is 37.5 Å². The molecule has 3 aromatic rings. The maximum absolute atomic E-state index is 11.9. The zero-order valence-corrected chi connectivity index (χ0v) is 21.5. The third-order valence-electron chi connectivity index (χ3n) is 5.19.